The molecule has 5 heteroatoms. The van der Waals surface area contributed by atoms with Crippen molar-refractivity contribution in [2.75, 3.05) is 0 Å². The first-order chi connectivity index (χ1) is 10.2. The zero-order chi connectivity index (χ0) is 14.7. The Morgan fingerprint density at radius 2 is 2.00 bits per heavy atom. The summed E-state index contributed by atoms with van der Waals surface area (Å²) in [6.45, 7) is 2.14. The number of halogens is 1. The molecule has 1 N–H and O–H groups in total. The standard InChI is InChI=1S/C16H15ClN2S2/c1-11(12-5-2-3-9-18-12)19-16(13-6-4-10-20-13)14-7-8-15(17)21-14/h2-11,16,19H,1H3/t11-,16?/m1/s1. The van der Waals surface area contributed by atoms with E-state index in [2.05, 4.69) is 40.8 Å². The molecule has 0 aromatic carbocycles. The van der Waals surface area contributed by atoms with E-state index in [0.29, 0.717) is 0 Å². The summed E-state index contributed by atoms with van der Waals surface area (Å²) in [4.78, 5) is 6.95. The quantitative estimate of drug-likeness (QED) is 0.685. The van der Waals surface area contributed by atoms with Crippen molar-refractivity contribution in [2.24, 2.45) is 0 Å². The topological polar surface area (TPSA) is 24.9 Å². The molecule has 0 aliphatic carbocycles. The Morgan fingerprint density at radius 3 is 2.62 bits per heavy atom. The van der Waals surface area contributed by atoms with Gasteiger partial charge in [0.15, 0.2) is 0 Å². The van der Waals surface area contributed by atoms with E-state index in [9.17, 15) is 0 Å². The third-order valence-electron chi connectivity index (χ3n) is 3.25. The normalized spacial score (nSPS) is 14.0. The fourth-order valence-electron chi connectivity index (χ4n) is 2.21. The molecule has 108 valence electrons. The molecule has 0 aliphatic rings. The van der Waals surface area contributed by atoms with Crippen molar-refractivity contribution in [3.05, 3.63) is 73.8 Å². The predicted molar refractivity (Wildman–Crippen MR) is 91.3 cm³/mol. The number of nitrogens with zero attached hydrogens (tertiary/aromatic N) is 1. The van der Waals surface area contributed by atoms with Gasteiger partial charge in [-0.2, -0.15) is 0 Å². The van der Waals surface area contributed by atoms with E-state index < -0.39 is 0 Å². The monoisotopic (exact) mass is 334 g/mol. The molecule has 2 atom stereocenters. The first-order valence-corrected chi connectivity index (χ1v) is 8.77. The van der Waals surface area contributed by atoms with Gasteiger partial charge in [-0.15, -0.1) is 22.7 Å². The van der Waals surface area contributed by atoms with Gasteiger partial charge in [-0.25, -0.2) is 0 Å². The molecule has 3 aromatic rings. The Balaban J connectivity index is 1.86. The minimum absolute atomic E-state index is 0.152. The largest absolute Gasteiger partial charge is 0.297 e. The maximum absolute atomic E-state index is 6.10. The molecule has 0 aliphatic heterocycles. The number of thiophene rings is 2. The minimum Gasteiger partial charge on any atom is -0.297 e. The first-order valence-electron chi connectivity index (χ1n) is 6.69. The van der Waals surface area contributed by atoms with Crippen LogP contribution in [-0.2, 0) is 0 Å². The zero-order valence-electron chi connectivity index (χ0n) is 11.5. The molecule has 3 heterocycles. The van der Waals surface area contributed by atoms with E-state index >= 15 is 0 Å². The van der Waals surface area contributed by atoms with E-state index in [4.69, 9.17) is 11.6 Å². The summed E-state index contributed by atoms with van der Waals surface area (Å²) in [5.74, 6) is 0. The van der Waals surface area contributed by atoms with E-state index in [1.807, 2.05) is 30.5 Å². The molecule has 21 heavy (non-hydrogen) atoms. The van der Waals surface area contributed by atoms with E-state index in [1.54, 1.807) is 22.7 Å². The second kappa shape index (κ2) is 6.71. The molecule has 0 radical (unpaired) electrons. The van der Waals surface area contributed by atoms with Crippen LogP contribution in [0, 0.1) is 0 Å². The summed E-state index contributed by atoms with van der Waals surface area (Å²) >= 11 is 9.47. The number of aromatic nitrogens is 1. The van der Waals surface area contributed by atoms with Crippen molar-refractivity contribution in [3.8, 4) is 0 Å². The summed E-state index contributed by atoms with van der Waals surface area (Å²) in [5, 5.41) is 5.77. The van der Waals surface area contributed by atoms with Crippen LogP contribution in [0.25, 0.3) is 0 Å². The van der Waals surface area contributed by atoms with Crippen LogP contribution < -0.4 is 5.32 Å². The summed E-state index contributed by atoms with van der Waals surface area (Å²) in [7, 11) is 0. The van der Waals surface area contributed by atoms with Crippen molar-refractivity contribution in [3.63, 3.8) is 0 Å². The van der Waals surface area contributed by atoms with Crippen LogP contribution in [0.3, 0.4) is 0 Å². The Morgan fingerprint density at radius 1 is 1.10 bits per heavy atom. The predicted octanol–water partition coefficient (Wildman–Crippen LogP) is 5.30. The van der Waals surface area contributed by atoms with E-state index in [-0.39, 0.29) is 12.1 Å². The highest BCUT2D eigenvalue weighted by Gasteiger charge is 2.20. The van der Waals surface area contributed by atoms with Crippen LogP contribution in [0.4, 0.5) is 0 Å². The Bertz CT molecular complexity index is 679. The zero-order valence-corrected chi connectivity index (χ0v) is 13.9. The number of hydrogen-bond acceptors (Lipinski definition) is 4. The lowest BCUT2D eigenvalue weighted by molar-refractivity contribution is 0.516. The molecule has 3 rings (SSSR count). The van der Waals surface area contributed by atoms with Crippen LogP contribution in [0.5, 0.6) is 0 Å². The van der Waals surface area contributed by atoms with Crippen LogP contribution in [0.2, 0.25) is 4.34 Å². The van der Waals surface area contributed by atoms with Crippen LogP contribution in [0.15, 0.2) is 54.0 Å². The van der Waals surface area contributed by atoms with Gasteiger partial charge in [-0.1, -0.05) is 23.7 Å². The van der Waals surface area contributed by atoms with E-state index in [0.717, 1.165) is 10.0 Å². The van der Waals surface area contributed by atoms with Gasteiger partial charge in [-0.3, -0.25) is 10.3 Å². The summed E-state index contributed by atoms with van der Waals surface area (Å²) in [5.41, 5.74) is 1.04. The van der Waals surface area contributed by atoms with Crippen molar-refractivity contribution in [1.82, 2.24) is 10.3 Å². The molecule has 0 amide bonds. The van der Waals surface area contributed by atoms with Crippen molar-refractivity contribution in [2.45, 2.75) is 19.0 Å². The first kappa shape index (κ1) is 14.7. The lowest BCUT2D eigenvalue weighted by Gasteiger charge is -2.21. The lowest BCUT2D eigenvalue weighted by atomic mass is 10.1. The smallest absolute Gasteiger partial charge is 0.0931 e. The highest BCUT2D eigenvalue weighted by molar-refractivity contribution is 7.16. The van der Waals surface area contributed by atoms with E-state index in [1.165, 1.54) is 9.75 Å². The van der Waals surface area contributed by atoms with Gasteiger partial charge in [0.25, 0.3) is 0 Å². The highest BCUT2D eigenvalue weighted by Crippen LogP contribution is 2.34. The fraction of sp³-hybridized carbons (Fsp3) is 0.188. The second-order valence-electron chi connectivity index (χ2n) is 4.73. The molecule has 0 saturated heterocycles. The van der Waals surface area contributed by atoms with Crippen molar-refractivity contribution < 1.29 is 0 Å². The van der Waals surface area contributed by atoms with Crippen molar-refractivity contribution in [1.29, 1.82) is 0 Å². The van der Waals surface area contributed by atoms with Crippen LogP contribution in [-0.4, -0.2) is 4.98 Å². The molecule has 2 nitrogen and oxygen atoms in total. The summed E-state index contributed by atoms with van der Waals surface area (Å²) in [6, 6.07) is 14.6. The SMILES string of the molecule is C[C@@H](NC(c1cccs1)c1ccc(Cl)s1)c1ccccn1. The maximum Gasteiger partial charge on any atom is 0.0931 e. The van der Waals surface area contributed by atoms with Crippen molar-refractivity contribution >= 4 is 34.3 Å². The average Bonchev–Trinajstić information content (AvgIpc) is 3.17. The van der Waals surface area contributed by atoms with Gasteiger partial charge in [0.05, 0.1) is 16.1 Å². The van der Waals surface area contributed by atoms with Gasteiger partial charge < -0.3 is 0 Å². The average molecular weight is 335 g/mol. The van der Waals surface area contributed by atoms with Gasteiger partial charge >= 0.3 is 0 Å². The Hall–Kier alpha value is -1.20. The number of nitrogens with one attached hydrogen (secondary N) is 1. The molecule has 1 unspecified atom stereocenters. The Kier molecular flexibility index (Phi) is 4.70. The fourth-order valence-corrected chi connectivity index (χ4v) is 4.23. The minimum atomic E-state index is 0.152. The molecule has 0 spiro atoms. The molecule has 0 fully saturated rings. The lowest BCUT2D eigenvalue weighted by Crippen LogP contribution is -2.25. The molecule has 0 saturated carbocycles. The third-order valence-corrected chi connectivity index (χ3v) is 5.49. The molecule has 3 aromatic heterocycles. The Labute approximate surface area is 137 Å². The number of pyridine rings is 1. The van der Waals surface area contributed by atoms with Gasteiger partial charge in [0.1, 0.15) is 0 Å². The maximum atomic E-state index is 6.10. The second-order valence-corrected chi connectivity index (χ2v) is 7.46. The third kappa shape index (κ3) is 3.52. The molecule has 0 bridgehead atoms. The van der Waals surface area contributed by atoms with Crippen LogP contribution >= 0.6 is 34.3 Å². The summed E-state index contributed by atoms with van der Waals surface area (Å²) in [6.07, 6.45) is 1.83. The summed E-state index contributed by atoms with van der Waals surface area (Å²) < 4.78 is 0.818. The number of rotatable bonds is 5. The molecular formula is C16H15ClN2S2. The number of hydrogen-bond donors (Lipinski definition) is 1. The van der Waals surface area contributed by atoms with Crippen LogP contribution in [0.1, 0.15) is 34.5 Å². The van der Waals surface area contributed by atoms with Gasteiger partial charge in [-0.05, 0) is 42.6 Å². The highest BCUT2D eigenvalue weighted by atomic mass is 35.5. The molecular weight excluding hydrogens is 320 g/mol. The van der Waals surface area contributed by atoms with Gasteiger partial charge in [0, 0.05) is 22.0 Å². The van der Waals surface area contributed by atoms with Gasteiger partial charge in [0.2, 0.25) is 0 Å².